The van der Waals surface area contributed by atoms with E-state index in [9.17, 15) is 4.79 Å². The molecule has 2 aromatic heterocycles. The van der Waals surface area contributed by atoms with Crippen LogP contribution in [0.2, 0.25) is 5.15 Å². The number of nitrogens with one attached hydrogen (secondary N) is 1. The van der Waals surface area contributed by atoms with Gasteiger partial charge >= 0.3 is 0 Å². The van der Waals surface area contributed by atoms with E-state index in [1.807, 2.05) is 25.1 Å². The fraction of sp³-hybridized carbons (Fsp3) is 0.0714. The van der Waals surface area contributed by atoms with E-state index in [0.717, 1.165) is 15.8 Å². The van der Waals surface area contributed by atoms with Crippen LogP contribution < -0.4 is 11.1 Å². The third-order valence-corrected chi connectivity index (χ3v) is 4.10. The first-order chi connectivity index (χ1) is 10.0. The van der Waals surface area contributed by atoms with Crippen LogP contribution >= 0.6 is 22.9 Å². The van der Waals surface area contributed by atoms with E-state index < -0.39 is 0 Å². The Morgan fingerprint density at radius 2 is 2.19 bits per heavy atom. The Morgan fingerprint density at radius 1 is 1.38 bits per heavy atom. The highest BCUT2D eigenvalue weighted by Gasteiger charge is 2.14. The predicted molar refractivity (Wildman–Crippen MR) is 86.0 cm³/mol. The van der Waals surface area contributed by atoms with Gasteiger partial charge in [-0.3, -0.25) is 10.1 Å². The van der Waals surface area contributed by atoms with E-state index in [4.69, 9.17) is 17.3 Å². The quantitative estimate of drug-likeness (QED) is 0.709. The topological polar surface area (TPSA) is 80.9 Å². The molecule has 0 aliphatic carbocycles. The van der Waals surface area contributed by atoms with Crippen LogP contribution in [0, 0.1) is 6.92 Å². The fourth-order valence-corrected chi connectivity index (χ4v) is 3.02. The molecule has 21 heavy (non-hydrogen) atoms. The van der Waals surface area contributed by atoms with Gasteiger partial charge in [-0.25, -0.2) is 9.97 Å². The number of aryl methyl sites for hydroxylation is 1. The molecule has 2 heterocycles. The van der Waals surface area contributed by atoms with E-state index in [0.29, 0.717) is 10.8 Å². The highest BCUT2D eigenvalue weighted by atomic mass is 35.5. The molecule has 0 atom stereocenters. The molecule has 0 spiro atoms. The van der Waals surface area contributed by atoms with Crippen LogP contribution in [0.4, 0.5) is 10.8 Å². The summed E-state index contributed by atoms with van der Waals surface area (Å²) in [7, 11) is 0. The van der Waals surface area contributed by atoms with Gasteiger partial charge in [-0.05, 0) is 30.7 Å². The molecule has 3 aromatic rings. The third kappa shape index (κ3) is 2.81. The van der Waals surface area contributed by atoms with Crippen LogP contribution in [0.15, 0.2) is 30.5 Å². The van der Waals surface area contributed by atoms with Crippen molar-refractivity contribution in [2.45, 2.75) is 6.92 Å². The number of thiazole rings is 1. The zero-order valence-corrected chi connectivity index (χ0v) is 12.6. The average Bonchev–Trinajstić information content (AvgIpc) is 2.82. The number of pyridine rings is 1. The van der Waals surface area contributed by atoms with Crippen LogP contribution in [0.3, 0.4) is 0 Å². The first-order valence-electron chi connectivity index (χ1n) is 6.12. The van der Waals surface area contributed by atoms with Gasteiger partial charge in [-0.2, -0.15) is 0 Å². The number of benzene rings is 1. The largest absolute Gasteiger partial charge is 0.397 e. The standard InChI is InChI=1S/C14H11ClN4OS/c1-7-2-3-10-11(4-7)21-14(18-10)19-13(20)9-5-8(16)6-17-12(9)15/h2-6H,16H2,1H3,(H,18,19,20). The van der Waals surface area contributed by atoms with Crippen LogP contribution in [0.5, 0.6) is 0 Å². The van der Waals surface area contributed by atoms with Crippen LogP contribution in [0.25, 0.3) is 10.2 Å². The lowest BCUT2D eigenvalue weighted by atomic mass is 10.2. The summed E-state index contributed by atoms with van der Waals surface area (Å²) in [6.07, 6.45) is 1.40. The van der Waals surface area contributed by atoms with Crippen molar-refractivity contribution in [2.24, 2.45) is 0 Å². The zero-order chi connectivity index (χ0) is 15.0. The second-order valence-electron chi connectivity index (χ2n) is 4.55. The minimum atomic E-state index is -0.379. The number of hydrogen-bond donors (Lipinski definition) is 2. The Hall–Kier alpha value is -2.18. The Morgan fingerprint density at radius 3 is 3.00 bits per heavy atom. The number of amides is 1. The maximum Gasteiger partial charge on any atom is 0.260 e. The molecule has 0 fully saturated rings. The number of nitrogen functional groups attached to an aromatic ring is 1. The normalized spacial score (nSPS) is 10.8. The van der Waals surface area contributed by atoms with E-state index >= 15 is 0 Å². The van der Waals surface area contributed by atoms with Gasteiger partial charge < -0.3 is 5.73 Å². The van der Waals surface area contributed by atoms with E-state index in [-0.39, 0.29) is 16.6 Å². The molecule has 5 nitrogen and oxygen atoms in total. The number of anilines is 2. The van der Waals surface area contributed by atoms with Gasteiger partial charge in [0.2, 0.25) is 0 Å². The van der Waals surface area contributed by atoms with Crippen molar-refractivity contribution in [2.75, 3.05) is 11.1 Å². The molecule has 0 aliphatic heterocycles. The van der Waals surface area contributed by atoms with Gasteiger partial charge in [0.15, 0.2) is 5.13 Å². The van der Waals surface area contributed by atoms with Crippen molar-refractivity contribution in [3.05, 3.63) is 46.7 Å². The third-order valence-electron chi connectivity index (χ3n) is 2.87. The number of nitrogens with two attached hydrogens (primary N) is 1. The first-order valence-corrected chi connectivity index (χ1v) is 7.32. The van der Waals surface area contributed by atoms with E-state index in [1.54, 1.807) is 0 Å². The monoisotopic (exact) mass is 318 g/mol. The summed E-state index contributed by atoms with van der Waals surface area (Å²) >= 11 is 7.32. The molecule has 3 rings (SSSR count). The summed E-state index contributed by atoms with van der Waals surface area (Å²) in [5.41, 5.74) is 8.22. The highest BCUT2D eigenvalue weighted by Crippen LogP contribution is 2.27. The van der Waals surface area contributed by atoms with Crippen molar-refractivity contribution >= 4 is 49.9 Å². The van der Waals surface area contributed by atoms with E-state index in [2.05, 4.69) is 15.3 Å². The molecular weight excluding hydrogens is 308 g/mol. The summed E-state index contributed by atoms with van der Waals surface area (Å²) in [4.78, 5) is 20.4. The number of hydrogen-bond acceptors (Lipinski definition) is 5. The minimum Gasteiger partial charge on any atom is -0.397 e. The lowest BCUT2D eigenvalue weighted by molar-refractivity contribution is 0.102. The molecule has 7 heteroatoms. The van der Waals surface area contributed by atoms with E-state index in [1.165, 1.54) is 23.6 Å². The summed E-state index contributed by atoms with van der Waals surface area (Å²) in [6, 6.07) is 7.41. The molecule has 3 N–H and O–H groups in total. The second kappa shape index (κ2) is 5.31. The number of carbonyl (C=O) groups is 1. The Labute approximate surface area is 129 Å². The van der Waals surface area contributed by atoms with Crippen molar-refractivity contribution in [3.8, 4) is 0 Å². The molecule has 0 saturated carbocycles. The molecule has 0 bridgehead atoms. The second-order valence-corrected chi connectivity index (χ2v) is 5.94. The predicted octanol–water partition coefficient (Wildman–Crippen LogP) is 3.49. The average molecular weight is 319 g/mol. The minimum absolute atomic E-state index is 0.110. The fourth-order valence-electron chi connectivity index (χ4n) is 1.87. The Balaban J connectivity index is 1.90. The summed E-state index contributed by atoms with van der Waals surface area (Å²) in [5, 5.41) is 3.35. The number of aromatic nitrogens is 2. The number of rotatable bonds is 2. The maximum atomic E-state index is 12.2. The molecule has 1 aromatic carbocycles. The molecule has 1 amide bonds. The summed E-state index contributed by atoms with van der Waals surface area (Å²) in [6.45, 7) is 2.01. The van der Waals surface area contributed by atoms with Crippen LogP contribution in [-0.4, -0.2) is 15.9 Å². The zero-order valence-electron chi connectivity index (χ0n) is 11.1. The number of carbonyl (C=O) groups excluding carboxylic acids is 1. The molecule has 0 saturated heterocycles. The van der Waals surface area contributed by atoms with Crippen LogP contribution in [0.1, 0.15) is 15.9 Å². The molecule has 0 aliphatic rings. The number of nitrogens with zero attached hydrogens (tertiary/aromatic N) is 2. The Kier molecular flexibility index (Phi) is 3.48. The van der Waals surface area contributed by atoms with Crippen molar-refractivity contribution in [3.63, 3.8) is 0 Å². The first kappa shape index (κ1) is 13.8. The van der Waals surface area contributed by atoms with Gasteiger partial charge in [0.05, 0.1) is 27.7 Å². The van der Waals surface area contributed by atoms with Crippen LogP contribution in [-0.2, 0) is 0 Å². The molecular formula is C14H11ClN4OS. The van der Waals surface area contributed by atoms with Gasteiger partial charge in [-0.15, -0.1) is 0 Å². The number of fused-ring (bicyclic) bond motifs is 1. The Bertz CT molecular complexity index is 846. The van der Waals surface area contributed by atoms with Gasteiger partial charge in [-0.1, -0.05) is 29.0 Å². The number of halogens is 1. The maximum absolute atomic E-state index is 12.2. The van der Waals surface area contributed by atoms with Gasteiger partial charge in [0, 0.05) is 0 Å². The molecule has 0 unspecified atom stereocenters. The SMILES string of the molecule is Cc1ccc2nc(NC(=O)c3cc(N)cnc3Cl)sc2c1. The van der Waals surface area contributed by atoms with Crippen molar-refractivity contribution in [1.82, 2.24) is 9.97 Å². The van der Waals surface area contributed by atoms with Crippen molar-refractivity contribution in [1.29, 1.82) is 0 Å². The summed E-state index contributed by atoms with van der Waals surface area (Å²) < 4.78 is 1.02. The van der Waals surface area contributed by atoms with Gasteiger partial charge in [0.1, 0.15) is 5.15 Å². The highest BCUT2D eigenvalue weighted by molar-refractivity contribution is 7.22. The lowest BCUT2D eigenvalue weighted by Gasteiger charge is -2.04. The molecule has 0 radical (unpaired) electrons. The molecule has 106 valence electrons. The summed E-state index contributed by atoms with van der Waals surface area (Å²) in [5.74, 6) is -0.379. The van der Waals surface area contributed by atoms with Gasteiger partial charge in [0.25, 0.3) is 5.91 Å². The smallest absolute Gasteiger partial charge is 0.260 e. The van der Waals surface area contributed by atoms with Crippen molar-refractivity contribution < 1.29 is 4.79 Å². The lowest BCUT2D eigenvalue weighted by Crippen LogP contribution is -2.13.